The molecule has 1 unspecified atom stereocenters. The van der Waals surface area contributed by atoms with Gasteiger partial charge in [0.25, 0.3) is 5.91 Å². The van der Waals surface area contributed by atoms with Crippen LogP contribution >= 0.6 is 0 Å². The first-order chi connectivity index (χ1) is 11.0. The van der Waals surface area contributed by atoms with Crippen molar-refractivity contribution in [2.75, 3.05) is 13.2 Å². The molecule has 1 fully saturated rings. The van der Waals surface area contributed by atoms with Crippen LogP contribution in [0.5, 0.6) is 5.75 Å². The molecule has 5 nitrogen and oxygen atoms in total. The molecular weight excluding hydrogens is 292 g/mol. The molecule has 2 amide bonds. The van der Waals surface area contributed by atoms with Crippen molar-refractivity contribution in [2.24, 2.45) is 0 Å². The zero-order valence-corrected chi connectivity index (χ0v) is 14.1. The normalized spacial score (nSPS) is 18.3. The van der Waals surface area contributed by atoms with Gasteiger partial charge in [0.05, 0.1) is 0 Å². The third-order valence-electron chi connectivity index (χ3n) is 4.10. The minimum atomic E-state index is -0.446. The molecule has 5 heteroatoms. The molecule has 1 aliphatic heterocycles. The van der Waals surface area contributed by atoms with Crippen molar-refractivity contribution in [2.45, 2.75) is 52.0 Å². The van der Waals surface area contributed by atoms with E-state index in [9.17, 15) is 9.59 Å². The Hall–Kier alpha value is -2.04. The maximum Gasteiger partial charge on any atom is 0.258 e. The van der Waals surface area contributed by atoms with Gasteiger partial charge < -0.3 is 15.4 Å². The third kappa shape index (κ3) is 4.98. The average molecular weight is 318 g/mol. The van der Waals surface area contributed by atoms with Crippen molar-refractivity contribution < 1.29 is 14.3 Å². The number of hydrogen-bond donors (Lipinski definition) is 2. The van der Waals surface area contributed by atoms with Gasteiger partial charge in [0.15, 0.2) is 6.61 Å². The molecule has 0 spiro atoms. The summed E-state index contributed by atoms with van der Waals surface area (Å²) in [5.41, 5.74) is 2.43. The lowest BCUT2D eigenvalue weighted by Crippen LogP contribution is -2.46. The summed E-state index contributed by atoms with van der Waals surface area (Å²) < 4.78 is 5.55. The van der Waals surface area contributed by atoms with Gasteiger partial charge in [0.1, 0.15) is 11.8 Å². The van der Waals surface area contributed by atoms with Gasteiger partial charge in [-0.2, -0.15) is 0 Å². The molecule has 2 rings (SSSR count). The molecule has 0 bridgehead atoms. The van der Waals surface area contributed by atoms with Crippen molar-refractivity contribution in [3.8, 4) is 5.75 Å². The van der Waals surface area contributed by atoms with Gasteiger partial charge in [-0.3, -0.25) is 9.59 Å². The number of carbonyl (C=O) groups excluding carboxylic acids is 2. The van der Waals surface area contributed by atoms with E-state index in [1.807, 2.05) is 25.1 Å². The predicted molar refractivity (Wildman–Crippen MR) is 89.6 cm³/mol. The zero-order valence-electron chi connectivity index (χ0n) is 14.1. The summed E-state index contributed by atoms with van der Waals surface area (Å²) in [6.45, 7) is 6.94. The van der Waals surface area contributed by atoms with Crippen LogP contribution in [-0.4, -0.2) is 31.0 Å². The quantitative estimate of drug-likeness (QED) is 0.875. The Morgan fingerprint density at radius 1 is 1.39 bits per heavy atom. The van der Waals surface area contributed by atoms with Crippen LogP contribution in [0.1, 0.15) is 50.2 Å². The van der Waals surface area contributed by atoms with Gasteiger partial charge in [0, 0.05) is 6.54 Å². The Kier molecular flexibility index (Phi) is 6.02. The highest BCUT2D eigenvalue weighted by Gasteiger charge is 2.22. The molecular formula is C18H26N2O3. The van der Waals surface area contributed by atoms with Gasteiger partial charge >= 0.3 is 0 Å². The standard InChI is InChI=1S/C18H26N2O3/c1-12(2)15-8-7-14(10-13(15)3)23-11-17(21)20-16-6-4-5-9-19-18(16)22/h7-8,10,12,16H,4-6,9,11H2,1-3H3,(H,19,22)(H,20,21). The summed E-state index contributed by atoms with van der Waals surface area (Å²) in [4.78, 5) is 23.8. The molecule has 1 saturated heterocycles. The van der Waals surface area contributed by atoms with Crippen LogP contribution in [0.2, 0.25) is 0 Å². The summed E-state index contributed by atoms with van der Waals surface area (Å²) in [5, 5.41) is 5.55. The van der Waals surface area contributed by atoms with E-state index < -0.39 is 6.04 Å². The number of rotatable bonds is 5. The van der Waals surface area contributed by atoms with Crippen LogP contribution in [0.4, 0.5) is 0 Å². The van der Waals surface area contributed by atoms with Crippen molar-refractivity contribution in [3.63, 3.8) is 0 Å². The maximum absolute atomic E-state index is 12.0. The van der Waals surface area contributed by atoms with E-state index in [0.29, 0.717) is 24.6 Å². The molecule has 1 aromatic rings. The number of nitrogens with one attached hydrogen (secondary N) is 2. The highest BCUT2D eigenvalue weighted by atomic mass is 16.5. The van der Waals surface area contributed by atoms with Crippen LogP contribution < -0.4 is 15.4 Å². The van der Waals surface area contributed by atoms with E-state index >= 15 is 0 Å². The van der Waals surface area contributed by atoms with Gasteiger partial charge in [-0.15, -0.1) is 0 Å². The SMILES string of the molecule is Cc1cc(OCC(=O)NC2CCCCNC2=O)ccc1C(C)C. The molecule has 2 N–H and O–H groups in total. The summed E-state index contributed by atoms with van der Waals surface area (Å²) >= 11 is 0. The van der Waals surface area contributed by atoms with E-state index in [4.69, 9.17) is 4.74 Å². The van der Waals surface area contributed by atoms with Gasteiger partial charge in [0.2, 0.25) is 5.91 Å². The number of carbonyl (C=O) groups is 2. The van der Waals surface area contributed by atoms with Crippen LogP contribution in [0.3, 0.4) is 0 Å². The largest absolute Gasteiger partial charge is 0.484 e. The topological polar surface area (TPSA) is 67.4 Å². The Morgan fingerprint density at radius 2 is 2.17 bits per heavy atom. The molecule has 126 valence electrons. The second-order valence-corrected chi connectivity index (χ2v) is 6.37. The third-order valence-corrected chi connectivity index (χ3v) is 4.10. The van der Waals surface area contributed by atoms with Crippen molar-refractivity contribution in [3.05, 3.63) is 29.3 Å². The van der Waals surface area contributed by atoms with Crippen LogP contribution in [0.15, 0.2) is 18.2 Å². The van der Waals surface area contributed by atoms with Crippen molar-refractivity contribution in [1.82, 2.24) is 10.6 Å². The van der Waals surface area contributed by atoms with Crippen molar-refractivity contribution >= 4 is 11.8 Å². The van der Waals surface area contributed by atoms with E-state index in [-0.39, 0.29) is 18.4 Å². The first-order valence-electron chi connectivity index (χ1n) is 8.28. The fraction of sp³-hybridized carbons (Fsp3) is 0.556. The zero-order chi connectivity index (χ0) is 16.8. The molecule has 1 aliphatic rings. The van der Waals surface area contributed by atoms with E-state index in [1.165, 1.54) is 5.56 Å². The Balaban J connectivity index is 1.86. The van der Waals surface area contributed by atoms with E-state index in [1.54, 1.807) is 0 Å². The number of hydrogen-bond acceptors (Lipinski definition) is 3. The first-order valence-corrected chi connectivity index (χ1v) is 8.28. The molecule has 1 heterocycles. The summed E-state index contributed by atoms with van der Waals surface area (Å²) in [6.07, 6.45) is 2.57. The average Bonchev–Trinajstić information content (AvgIpc) is 2.70. The second-order valence-electron chi connectivity index (χ2n) is 6.37. The van der Waals surface area contributed by atoms with E-state index in [2.05, 4.69) is 24.5 Å². The van der Waals surface area contributed by atoms with Crippen molar-refractivity contribution in [1.29, 1.82) is 0 Å². The number of amides is 2. The summed E-state index contributed by atoms with van der Waals surface area (Å²) in [7, 11) is 0. The molecule has 1 atom stereocenters. The lowest BCUT2D eigenvalue weighted by Gasteiger charge is -2.16. The molecule has 0 aliphatic carbocycles. The van der Waals surface area contributed by atoms with E-state index in [0.717, 1.165) is 18.4 Å². The monoisotopic (exact) mass is 318 g/mol. The number of benzene rings is 1. The maximum atomic E-state index is 12.0. The predicted octanol–water partition coefficient (Wildman–Crippen LogP) is 2.28. The fourth-order valence-corrected chi connectivity index (χ4v) is 2.85. The highest BCUT2D eigenvalue weighted by molar-refractivity contribution is 5.88. The minimum absolute atomic E-state index is 0.0791. The van der Waals surface area contributed by atoms with Crippen LogP contribution in [-0.2, 0) is 9.59 Å². The fourth-order valence-electron chi connectivity index (χ4n) is 2.85. The minimum Gasteiger partial charge on any atom is -0.484 e. The molecule has 0 saturated carbocycles. The van der Waals surface area contributed by atoms with Gasteiger partial charge in [-0.05, 0) is 55.4 Å². The summed E-state index contributed by atoms with van der Waals surface area (Å²) in [6, 6.07) is 5.42. The molecule has 1 aromatic carbocycles. The highest BCUT2D eigenvalue weighted by Crippen LogP contribution is 2.23. The number of ether oxygens (including phenoxy) is 1. The second kappa shape index (κ2) is 7.99. The Bertz CT molecular complexity index is 569. The van der Waals surface area contributed by atoms with Crippen LogP contribution in [0.25, 0.3) is 0 Å². The Morgan fingerprint density at radius 3 is 2.87 bits per heavy atom. The molecule has 23 heavy (non-hydrogen) atoms. The first kappa shape index (κ1) is 17.3. The van der Waals surface area contributed by atoms with Gasteiger partial charge in [-0.25, -0.2) is 0 Å². The van der Waals surface area contributed by atoms with Crippen LogP contribution in [0, 0.1) is 6.92 Å². The smallest absolute Gasteiger partial charge is 0.258 e. The van der Waals surface area contributed by atoms with Gasteiger partial charge in [-0.1, -0.05) is 19.9 Å². The Labute approximate surface area is 137 Å². The molecule has 0 radical (unpaired) electrons. The lowest BCUT2D eigenvalue weighted by molar-refractivity contribution is -0.129. The molecule has 0 aromatic heterocycles. The lowest BCUT2D eigenvalue weighted by atomic mass is 9.98. The number of aryl methyl sites for hydroxylation is 1. The summed E-state index contributed by atoms with van der Waals surface area (Å²) in [5.74, 6) is 0.763.